The molecule has 0 radical (unpaired) electrons. The first-order chi connectivity index (χ1) is 14.9. The summed E-state index contributed by atoms with van der Waals surface area (Å²) < 4.78 is 7.34. The Morgan fingerprint density at radius 2 is 1.81 bits per heavy atom. The molecule has 0 aliphatic heterocycles. The molecule has 6 nitrogen and oxygen atoms in total. The smallest absolute Gasteiger partial charge is 0.230 e. The first kappa shape index (κ1) is 22.9. The molecule has 1 amide bonds. The molecule has 164 valence electrons. The fraction of sp³-hybridized carbons (Fsp3) is 0.375. The fourth-order valence-electron chi connectivity index (χ4n) is 3.24. The zero-order valence-corrected chi connectivity index (χ0v) is 19.6. The van der Waals surface area contributed by atoms with Crippen molar-refractivity contribution in [2.75, 3.05) is 12.9 Å². The Balaban J connectivity index is 2.02. The second-order valence-electron chi connectivity index (χ2n) is 7.75. The monoisotopic (exact) mass is 438 g/mol. The number of carbonyl (C=O) groups is 1. The van der Waals surface area contributed by atoms with Crippen molar-refractivity contribution in [1.29, 1.82) is 0 Å². The van der Waals surface area contributed by atoms with E-state index in [-0.39, 0.29) is 17.7 Å². The van der Waals surface area contributed by atoms with E-state index in [0.29, 0.717) is 11.1 Å². The summed E-state index contributed by atoms with van der Waals surface area (Å²) in [6, 6.07) is 16.2. The maximum Gasteiger partial charge on any atom is 0.230 e. The van der Waals surface area contributed by atoms with Crippen molar-refractivity contribution in [1.82, 2.24) is 20.1 Å². The molecule has 0 saturated heterocycles. The molecule has 0 fully saturated rings. The van der Waals surface area contributed by atoms with Gasteiger partial charge in [0, 0.05) is 11.6 Å². The number of rotatable bonds is 9. The first-order valence-corrected chi connectivity index (χ1v) is 11.5. The van der Waals surface area contributed by atoms with E-state index in [9.17, 15) is 4.79 Å². The molecule has 7 heteroatoms. The number of aromatic nitrogens is 3. The van der Waals surface area contributed by atoms with E-state index in [1.165, 1.54) is 17.3 Å². The lowest BCUT2D eigenvalue weighted by Crippen LogP contribution is -2.33. The second kappa shape index (κ2) is 10.5. The number of amides is 1. The highest BCUT2D eigenvalue weighted by Crippen LogP contribution is 2.32. The molecule has 3 rings (SSSR count). The number of para-hydroxylation sites is 1. The van der Waals surface area contributed by atoms with Crippen molar-refractivity contribution in [3.63, 3.8) is 0 Å². The third kappa shape index (κ3) is 5.47. The zero-order valence-electron chi connectivity index (χ0n) is 18.8. The second-order valence-corrected chi connectivity index (χ2v) is 8.69. The third-order valence-corrected chi connectivity index (χ3v) is 6.06. The zero-order chi connectivity index (χ0) is 22.4. The molecule has 2 aromatic carbocycles. The van der Waals surface area contributed by atoms with Gasteiger partial charge < -0.3 is 10.1 Å². The molecule has 0 aliphatic rings. The Kier molecular flexibility index (Phi) is 7.74. The Morgan fingerprint density at radius 3 is 2.45 bits per heavy atom. The molecule has 1 atom stereocenters. The van der Waals surface area contributed by atoms with Gasteiger partial charge in [-0.15, -0.1) is 10.2 Å². The van der Waals surface area contributed by atoms with Gasteiger partial charge in [-0.2, -0.15) is 0 Å². The van der Waals surface area contributed by atoms with Crippen LogP contribution in [-0.2, 0) is 4.79 Å². The van der Waals surface area contributed by atoms with Crippen LogP contribution in [0.5, 0.6) is 5.75 Å². The predicted octanol–water partition coefficient (Wildman–Crippen LogP) is 5.07. The van der Waals surface area contributed by atoms with Crippen molar-refractivity contribution in [3.05, 3.63) is 54.1 Å². The summed E-state index contributed by atoms with van der Waals surface area (Å²) in [7, 11) is 1.65. The SMILES string of the molecule is CCC(C)NC(=O)CSc1nnc(-c2ccc(OC)cc2)n1-c1ccccc1C(C)C. The standard InChI is InChI=1S/C24H30N4O2S/c1-6-17(4)25-22(29)15-31-24-27-26-23(18-11-13-19(30-5)14-12-18)28(24)21-10-8-7-9-20(21)16(2)3/h7-14,16-17H,6,15H2,1-5H3,(H,25,29). The van der Waals surface area contributed by atoms with E-state index in [1.807, 2.05) is 43.3 Å². The van der Waals surface area contributed by atoms with Gasteiger partial charge in [0.15, 0.2) is 11.0 Å². The van der Waals surface area contributed by atoms with Crippen LogP contribution in [0.3, 0.4) is 0 Å². The minimum absolute atomic E-state index is 0.00274. The van der Waals surface area contributed by atoms with Crippen LogP contribution >= 0.6 is 11.8 Å². The van der Waals surface area contributed by atoms with E-state index in [1.54, 1.807) is 7.11 Å². The summed E-state index contributed by atoms with van der Waals surface area (Å²) >= 11 is 1.40. The third-order valence-electron chi connectivity index (χ3n) is 5.13. The van der Waals surface area contributed by atoms with Gasteiger partial charge in [-0.1, -0.05) is 50.7 Å². The Morgan fingerprint density at radius 1 is 1.10 bits per heavy atom. The summed E-state index contributed by atoms with van der Waals surface area (Å²) in [6.45, 7) is 8.40. The highest BCUT2D eigenvalue weighted by molar-refractivity contribution is 7.99. The van der Waals surface area contributed by atoms with Crippen LogP contribution in [-0.4, -0.2) is 39.6 Å². The largest absolute Gasteiger partial charge is 0.497 e. The van der Waals surface area contributed by atoms with Crippen LogP contribution in [0.1, 0.15) is 45.6 Å². The number of methoxy groups -OCH3 is 1. The minimum Gasteiger partial charge on any atom is -0.497 e. The highest BCUT2D eigenvalue weighted by atomic mass is 32.2. The molecule has 0 spiro atoms. The summed E-state index contributed by atoms with van der Waals surface area (Å²) in [5, 5.41) is 12.6. The van der Waals surface area contributed by atoms with Crippen LogP contribution in [0.2, 0.25) is 0 Å². The van der Waals surface area contributed by atoms with Gasteiger partial charge in [0.05, 0.1) is 18.6 Å². The van der Waals surface area contributed by atoms with E-state index >= 15 is 0 Å². The molecule has 1 heterocycles. The van der Waals surface area contributed by atoms with Crippen molar-refractivity contribution < 1.29 is 9.53 Å². The van der Waals surface area contributed by atoms with E-state index in [4.69, 9.17) is 4.74 Å². The maximum absolute atomic E-state index is 12.4. The van der Waals surface area contributed by atoms with Crippen molar-refractivity contribution in [3.8, 4) is 22.8 Å². The fourth-order valence-corrected chi connectivity index (χ4v) is 3.99. The molecule has 3 aromatic rings. The highest BCUT2D eigenvalue weighted by Gasteiger charge is 2.20. The van der Waals surface area contributed by atoms with Crippen LogP contribution in [0.25, 0.3) is 17.1 Å². The average Bonchev–Trinajstić information content (AvgIpc) is 3.21. The van der Waals surface area contributed by atoms with Gasteiger partial charge in [-0.25, -0.2) is 0 Å². The number of nitrogens with one attached hydrogen (secondary N) is 1. The van der Waals surface area contributed by atoms with Crippen LogP contribution in [0, 0.1) is 0 Å². The van der Waals surface area contributed by atoms with Crippen LogP contribution < -0.4 is 10.1 Å². The van der Waals surface area contributed by atoms with Gasteiger partial charge in [0.2, 0.25) is 5.91 Å². The number of nitrogens with zero attached hydrogens (tertiary/aromatic N) is 3. The number of hydrogen-bond acceptors (Lipinski definition) is 5. The minimum atomic E-state index is -0.00274. The van der Waals surface area contributed by atoms with Crippen LogP contribution in [0.15, 0.2) is 53.7 Å². The molecule has 1 N–H and O–H groups in total. The van der Waals surface area contributed by atoms with E-state index in [2.05, 4.69) is 53.0 Å². The molecule has 1 unspecified atom stereocenters. The molecular formula is C24H30N4O2S. The number of ether oxygens (including phenoxy) is 1. The quantitative estimate of drug-likeness (QED) is 0.472. The van der Waals surface area contributed by atoms with Gasteiger partial charge in [-0.05, 0) is 55.2 Å². The summed E-state index contributed by atoms with van der Waals surface area (Å²) in [4.78, 5) is 12.4. The molecular weight excluding hydrogens is 408 g/mol. The lowest BCUT2D eigenvalue weighted by atomic mass is 10.0. The van der Waals surface area contributed by atoms with Gasteiger partial charge in [-0.3, -0.25) is 9.36 Å². The van der Waals surface area contributed by atoms with E-state index < -0.39 is 0 Å². The van der Waals surface area contributed by atoms with Gasteiger partial charge >= 0.3 is 0 Å². The molecule has 0 bridgehead atoms. The van der Waals surface area contributed by atoms with Crippen molar-refractivity contribution in [2.45, 2.75) is 51.2 Å². The lowest BCUT2D eigenvalue weighted by molar-refractivity contribution is -0.119. The van der Waals surface area contributed by atoms with Gasteiger partial charge in [0.1, 0.15) is 5.75 Å². The van der Waals surface area contributed by atoms with Crippen molar-refractivity contribution in [2.24, 2.45) is 0 Å². The van der Waals surface area contributed by atoms with Gasteiger partial charge in [0.25, 0.3) is 0 Å². The number of thioether (sulfide) groups is 1. The number of benzene rings is 2. The molecule has 1 aromatic heterocycles. The normalized spacial score (nSPS) is 12.1. The lowest BCUT2D eigenvalue weighted by Gasteiger charge is -2.17. The first-order valence-electron chi connectivity index (χ1n) is 10.6. The predicted molar refractivity (Wildman–Crippen MR) is 126 cm³/mol. The summed E-state index contributed by atoms with van der Waals surface area (Å²) in [6.07, 6.45) is 0.899. The van der Waals surface area contributed by atoms with Crippen LogP contribution in [0.4, 0.5) is 0 Å². The topological polar surface area (TPSA) is 69.0 Å². The Labute approximate surface area is 188 Å². The summed E-state index contributed by atoms with van der Waals surface area (Å²) in [5.41, 5.74) is 3.16. The molecule has 0 aliphatic carbocycles. The number of carbonyl (C=O) groups excluding carboxylic acids is 1. The molecule has 0 saturated carbocycles. The number of hydrogen-bond donors (Lipinski definition) is 1. The Bertz CT molecular complexity index is 1010. The van der Waals surface area contributed by atoms with E-state index in [0.717, 1.165) is 29.2 Å². The maximum atomic E-state index is 12.4. The van der Waals surface area contributed by atoms with Crippen molar-refractivity contribution >= 4 is 17.7 Å². The molecule has 31 heavy (non-hydrogen) atoms. The Hall–Kier alpha value is -2.80. The average molecular weight is 439 g/mol. The summed E-state index contributed by atoms with van der Waals surface area (Å²) in [5.74, 6) is 2.13.